The third kappa shape index (κ3) is 2.01. The van der Waals surface area contributed by atoms with Gasteiger partial charge in [0.1, 0.15) is 0 Å². The summed E-state index contributed by atoms with van der Waals surface area (Å²) in [6.45, 7) is 4.26. The molecule has 1 atom stereocenters. The third-order valence-electron chi connectivity index (χ3n) is 1.65. The summed E-state index contributed by atoms with van der Waals surface area (Å²) in [6, 6.07) is 0. The molecule has 0 radical (unpaired) electrons. The van der Waals surface area contributed by atoms with E-state index in [0.717, 1.165) is 17.1 Å². The summed E-state index contributed by atoms with van der Waals surface area (Å²) in [6.07, 6.45) is 0.989. The van der Waals surface area contributed by atoms with Crippen LogP contribution in [-0.4, -0.2) is 16.7 Å². The van der Waals surface area contributed by atoms with E-state index in [2.05, 4.69) is 11.9 Å². The Balaban J connectivity index is 2.71. The molecule has 0 aromatic carbocycles. The number of aryl methyl sites for hydroxylation is 1. The van der Waals surface area contributed by atoms with Gasteiger partial charge in [-0.05, 0) is 6.42 Å². The number of aliphatic hydroxyl groups excluding tert-OH is 1. The first-order valence-electron chi connectivity index (χ1n) is 3.83. The van der Waals surface area contributed by atoms with Crippen molar-refractivity contribution in [1.29, 1.82) is 0 Å². The zero-order chi connectivity index (χ0) is 8.27. The van der Waals surface area contributed by atoms with Gasteiger partial charge in [0.25, 0.3) is 0 Å². The number of nitrogens with zero attached hydrogens (tertiary/aromatic N) is 1. The second kappa shape index (κ2) is 3.83. The van der Waals surface area contributed by atoms with E-state index in [1.54, 1.807) is 11.3 Å². The van der Waals surface area contributed by atoms with E-state index in [9.17, 15) is 0 Å². The minimum absolute atomic E-state index is 0.187. The quantitative estimate of drug-likeness (QED) is 0.752. The smallest absolute Gasteiger partial charge is 0.0925 e. The topological polar surface area (TPSA) is 33.1 Å². The number of thiazole rings is 1. The normalized spacial score (nSPS) is 13.4. The summed E-state index contributed by atoms with van der Waals surface area (Å²) in [5.41, 5.74) is 1.02. The van der Waals surface area contributed by atoms with Crippen LogP contribution in [0.25, 0.3) is 0 Å². The van der Waals surface area contributed by atoms with Crippen molar-refractivity contribution in [3.8, 4) is 0 Å². The molecule has 0 saturated carbocycles. The summed E-state index contributed by atoms with van der Waals surface area (Å²) >= 11 is 1.67. The molecule has 1 N–H and O–H groups in total. The van der Waals surface area contributed by atoms with Crippen LogP contribution in [0.4, 0.5) is 0 Å². The Morgan fingerprint density at radius 3 is 2.91 bits per heavy atom. The van der Waals surface area contributed by atoms with Crippen LogP contribution in [-0.2, 0) is 6.42 Å². The zero-order valence-electron chi connectivity index (χ0n) is 6.87. The Morgan fingerprint density at radius 1 is 1.73 bits per heavy atom. The van der Waals surface area contributed by atoms with Crippen LogP contribution < -0.4 is 0 Å². The van der Waals surface area contributed by atoms with Crippen LogP contribution in [0, 0.1) is 0 Å². The minimum atomic E-state index is 0.187. The maximum absolute atomic E-state index is 8.83. The molecule has 0 bridgehead atoms. The first-order valence-corrected chi connectivity index (χ1v) is 4.71. The summed E-state index contributed by atoms with van der Waals surface area (Å²) in [5, 5.41) is 12.0. The lowest BCUT2D eigenvalue weighted by atomic mass is 10.1. The number of aromatic nitrogens is 1. The van der Waals surface area contributed by atoms with Gasteiger partial charge in [-0.25, -0.2) is 4.98 Å². The van der Waals surface area contributed by atoms with E-state index >= 15 is 0 Å². The summed E-state index contributed by atoms with van der Waals surface area (Å²) < 4.78 is 0. The van der Waals surface area contributed by atoms with Gasteiger partial charge in [-0.3, -0.25) is 0 Å². The molecular formula is C8H13NOS. The van der Waals surface area contributed by atoms with Gasteiger partial charge in [0, 0.05) is 11.3 Å². The SMILES string of the molecule is CCc1nc(C(C)CO)cs1. The number of rotatable bonds is 3. The molecule has 1 aromatic rings. The van der Waals surface area contributed by atoms with E-state index in [-0.39, 0.29) is 12.5 Å². The van der Waals surface area contributed by atoms with Crippen molar-refractivity contribution in [1.82, 2.24) is 4.98 Å². The third-order valence-corrected chi connectivity index (χ3v) is 2.66. The van der Waals surface area contributed by atoms with Crippen molar-refractivity contribution < 1.29 is 5.11 Å². The average Bonchev–Trinajstić information content (AvgIpc) is 2.50. The van der Waals surface area contributed by atoms with Crippen LogP contribution in [0.3, 0.4) is 0 Å². The van der Waals surface area contributed by atoms with Crippen LogP contribution >= 0.6 is 11.3 Å². The van der Waals surface area contributed by atoms with Gasteiger partial charge in [-0.2, -0.15) is 0 Å². The number of aliphatic hydroxyl groups is 1. The van der Waals surface area contributed by atoms with Gasteiger partial charge in [0.15, 0.2) is 0 Å². The maximum Gasteiger partial charge on any atom is 0.0925 e. The standard InChI is InChI=1S/C8H13NOS/c1-3-8-9-7(5-11-8)6(2)4-10/h5-6,10H,3-4H2,1-2H3. The fraction of sp³-hybridized carbons (Fsp3) is 0.625. The largest absolute Gasteiger partial charge is 0.396 e. The van der Waals surface area contributed by atoms with Crippen molar-refractivity contribution in [2.24, 2.45) is 0 Å². The van der Waals surface area contributed by atoms with Gasteiger partial charge in [-0.15, -0.1) is 11.3 Å². The van der Waals surface area contributed by atoms with Crippen LogP contribution in [0.5, 0.6) is 0 Å². The van der Waals surface area contributed by atoms with Crippen molar-refractivity contribution in [2.45, 2.75) is 26.2 Å². The maximum atomic E-state index is 8.83. The fourth-order valence-corrected chi connectivity index (χ4v) is 1.67. The lowest BCUT2D eigenvalue weighted by molar-refractivity contribution is 0.271. The highest BCUT2D eigenvalue weighted by atomic mass is 32.1. The average molecular weight is 171 g/mol. The molecule has 0 amide bonds. The van der Waals surface area contributed by atoms with E-state index < -0.39 is 0 Å². The van der Waals surface area contributed by atoms with Gasteiger partial charge >= 0.3 is 0 Å². The first kappa shape index (κ1) is 8.68. The van der Waals surface area contributed by atoms with Crippen molar-refractivity contribution in [3.63, 3.8) is 0 Å². The molecule has 62 valence electrons. The number of hydrogen-bond donors (Lipinski definition) is 1. The molecule has 1 unspecified atom stereocenters. The van der Waals surface area contributed by atoms with Crippen molar-refractivity contribution in [2.75, 3.05) is 6.61 Å². The van der Waals surface area contributed by atoms with Crippen LogP contribution in [0.15, 0.2) is 5.38 Å². The number of hydrogen-bond acceptors (Lipinski definition) is 3. The van der Waals surface area contributed by atoms with Gasteiger partial charge in [-0.1, -0.05) is 13.8 Å². The molecule has 0 aliphatic rings. The Bertz CT molecular complexity index is 222. The Morgan fingerprint density at radius 2 is 2.45 bits per heavy atom. The fourth-order valence-electron chi connectivity index (χ4n) is 0.807. The molecule has 0 aliphatic carbocycles. The van der Waals surface area contributed by atoms with Crippen LogP contribution in [0.1, 0.15) is 30.5 Å². The summed E-state index contributed by atoms with van der Waals surface area (Å²) in [4.78, 5) is 4.36. The summed E-state index contributed by atoms with van der Waals surface area (Å²) in [5.74, 6) is 0.187. The molecule has 0 saturated heterocycles. The molecule has 1 rings (SSSR count). The van der Waals surface area contributed by atoms with E-state index in [4.69, 9.17) is 5.11 Å². The second-order valence-corrected chi connectivity index (χ2v) is 3.55. The van der Waals surface area contributed by atoms with Crippen molar-refractivity contribution >= 4 is 11.3 Å². The molecule has 0 spiro atoms. The molecule has 0 aliphatic heterocycles. The van der Waals surface area contributed by atoms with Gasteiger partial charge < -0.3 is 5.11 Å². The molecule has 2 nitrogen and oxygen atoms in total. The molecular weight excluding hydrogens is 158 g/mol. The highest BCUT2D eigenvalue weighted by molar-refractivity contribution is 7.09. The zero-order valence-corrected chi connectivity index (χ0v) is 7.69. The van der Waals surface area contributed by atoms with Crippen molar-refractivity contribution in [3.05, 3.63) is 16.1 Å². The monoisotopic (exact) mass is 171 g/mol. The van der Waals surface area contributed by atoms with E-state index in [1.807, 2.05) is 12.3 Å². The highest BCUT2D eigenvalue weighted by Crippen LogP contribution is 2.17. The molecule has 3 heteroatoms. The lowest BCUT2D eigenvalue weighted by Crippen LogP contribution is -1.98. The Labute approximate surface area is 70.9 Å². The molecule has 11 heavy (non-hydrogen) atoms. The van der Waals surface area contributed by atoms with E-state index in [0.29, 0.717) is 0 Å². The first-order chi connectivity index (χ1) is 5.27. The van der Waals surface area contributed by atoms with Gasteiger partial charge in [0.2, 0.25) is 0 Å². The van der Waals surface area contributed by atoms with Gasteiger partial charge in [0.05, 0.1) is 17.3 Å². The lowest BCUT2D eigenvalue weighted by Gasteiger charge is -2.01. The summed E-state index contributed by atoms with van der Waals surface area (Å²) in [7, 11) is 0. The Kier molecular flexibility index (Phi) is 3.02. The molecule has 1 heterocycles. The minimum Gasteiger partial charge on any atom is -0.396 e. The second-order valence-electron chi connectivity index (χ2n) is 2.60. The Hall–Kier alpha value is -0.410. The predicted molar refractivity (Wildman–Crippen MR) is 47.0 cm³/mol. The molecule has 0 fully saturated rings. The predicted octanol–water partition coefficient (Wildman–Crippen LogP) is 1.80. The highest BCUT2D eigenvalue weighted by Gasteiger charge is 2.07. The van der Waals surface area contributed by atoms with Crippen LogP contribution in [0.2, 0.25) is 0 Å². The van der Waals surface area contributed by atoms with E-state index in [1.165, 1.54) is 0 Å². The molecule has 1 aromatic heterocycles.